The van der Waals surface area contributed by atoms with Crippen LogP contribution in [0.25, 0.3) is 0 Å². The highest BCUT2D eigenvalue weighted by molar-refractivity contribution is 7.14. The molecule has 0 bridgehead atoms. The number of hydrogen-bond donors (Lipinski definition) is 2. The van der Waals surface area contributed by atoms with Crippen LogP contribution in [0.4, 0.5) is 5.13 Å². The lowest BCUT2D eigenvalue weighted by Gasteiger charge is -2.05. The number of carbonyl (C=O) groups is 2. The standard InChI is InChI=1S/C21H19N3O4S/c25-19(22-9-8-14-6-7-17-18(10-14)28-13-27-17)11-16-12-29-21(23-16)24-20(26)15-4-2-1-3-5-15/h1-7,10,12H,8-9,11,13H2,(H,22,25)(H,23,24,26). The molecule has 0 unspecified atom stereocenters. The Morgan fingerprint density at radius 2 is 1.90 bits per heavy atom. The number of carbonyl (C=O) groups excluding carboxylic acids is 2. The molecule has 1 aliphatic heterocycles. The number of amides is 2. The van der Waals surface area contributed by atoms with Crippen LogP contribution in [0.15, 0.2) is 53.9 Å². The van der Waals surface area contributed by atoms with Crippen molar-refractivity contribution in [1.29, 1.82) is 0 Å². The number of aromatic nitrogens is 1. The minimum absolute atomic E-state index is 0.114. The number of benzene rings is 2. The number of anilines is 1. The van der Waals surface area contributed by atoms with Crippen molar-refractivity contribution >= 4 is 28.3 Å². The van der Waals surface area contributed by atoms with Crippen LogP contribution in [-0.4, -0.2) is 30.1 Å². The molecule has 0 atom stereocenters. The molecule has 1 aromatic heterocycles. The SMILES string of the molecule is O=C(Cc1csc(NC(=O)c2ccccc2)n1)NCCc1ccc2c(c1)OCO2. The molecule has 0 aliphatic carbocycles. The van der Waals surface area contributed by atoms with Gasteiger partial charge in [-0.25, -0.2) is 4.98 Å². The number of nitrogens with one attached hydrogen (secondary N) is 2. The van der Waals surface area contributed by atoms with Crippen LogP contribution < -0.4 is 20.1 Å². The van der Waals surface area contributed by atoms with E-state index < -0.39 is 0 Å². The van der Waals surface area contributed by atoms with Crippen LogP contribution in [-0.2, 0) is 17.6 Å². The summed E-state index contributed by atoms with van der Waals surface area (Å²) in [4.78, 5) is 28.6. The Labute approximate surface area is 171 Å². The van der Waals surface area contributed by atoms with Crippen molar-refractivity contribution in [2.75, 3.05) is 18.7 Å². The molecule has 4 rings (SSSR count). The highest BCUT2D eigenvalue weighted by Crippen LogP contribution is 2.32. The van der Waals surface area contributed by atoms with E-state index in [4.69, 9.17) is 9.47 Å². The Balaban J connectivity index is 1.23. The molecule has 8 heteroatoms. The van der Waals surface area contributed by atoms with Crippen molar-refractivity contribution in [2.45, 2.75) is 12.8 Å². The van der Waals surface area contributed by atoms with Gasteiger partial charge in [-0.1, -0.05) is 24.3 Å². The molecule has 0 fully saturated rings. The predicted octanol–water partition coefficient (Wildman–Crippen LogP) is 3.03. The van der Waals surface area contributed by atoms with Gasteiger partial charge in [0.15, 0.2) is 16.6 Å². The van der Waals surface area contributed by atoms with Crippen molar-refractivity contribution in [3.8, 4) is 11.5 Å². The molecular formula is C21H19N3O4S. The zero-order valence-electron chi connectivity index (χ0n) is 15.5. The van der Waals surface area contributed by atoms with Crippen molar-refractivity contribution in [3.63, 3.8) is 0 Å². The molecule has 1 aliphatic rings. The maximum Gasteiger partial charge on any atom is 0.257 e. The molecule has 2 heterocycles. The summed E-state index contributed by atoms with van der Waals surface area (Å²) in [5.41, 5.74) is 2.25. The number of nitrogens with zero attached hydrogens (tertiary/aromatic N) is 1. The maximum absolute atomic E-state index is 12.2. The van der Waals surface area contributed by atoms with Gasteiger partial charge < -0.3 is 14.8 Å². The zero-order valence-corrected chi connectivity index (χ0v) is 16.3. The van der Waals surface area contributed by atoms with E-state index in [-0.39, 0.29) is 25.0 Å². The molecule has 0 spiro atoms. The molecule has 2 aromatic carbocycles. The molecule has 2 N–H and O–H groups in total. The molecule has 148 valence electrons. The van der Waals surface area contributed by atoms with E-state index in [1.807, 2.05) is 24.3 Å². The van der Waals surface area contributed by atoms with E-state index in [0.717, 1.165) is 17.1 Å². The lowest BCUT2D eigenvalue weighted by Crippen LogP contribution is -2.27. The largest absolute Gasteiger partial charge is 0.454 e. The third-order valence-electron chi connectivity index (χ3n) is 4.32. The first-order chi connectivity index (χ1) is 14.2. The molecule has 0 saturated heterocycles. The molecule has 7 nitrogen and oxygen atoms in total. The normalized spacial score (nSPS) is 11.9. The Hall–Kier alpha value is -3.39. The number of hydrogen-bond acceptors (Lipinski definition) is 6. The third-order valence-corrected chi connectivity index (χ3v) is 5.13. The number of ether oxygens (including phenoxy) is 2. The lowest BCUT2D eigenvalue weighted by atomic mass is 10.1. The van der Waals surface area contributed by atoms with Crippen LogP contribution in [0.5, 0.6) is 11.5 Å². The Bertz CT molecular complexity index is 1020. The smallest absolute Gasteiger partial charge is 0.257 e. The predicted molar refractivity (Wildman–Crippen MR) is 109 cm³/mol. The van der Waals surface area contributed by atoms with Gasteiger partial charge in [0.1, 0.15) is 0 Å². The van der Waals surface area contributed by atoms with Crippen molar-refractivity contribution in [3.05, 3.63) is 70.7 Å². The molecule has 0 radical (unpaired) electrons. The minimum Gasteiger partial charge on any atom is -0.454 e. The average Bonchev–Trinajstić information content (AvgIpc) is 3.37. The highest BCUT2D eigenvalue weighted by atomic mass is 32.1. The monoisotopic (exact) mass is 409 g/mol. The van der Waals surface area contributed by atoms with E-state index in [1.165, 1.54) is 11.3 Å². The van der Waals surface area contributed by atoms with Gasteiger partial charge in [0.05, 0.1) is 12.1 Å². The first-order valence-corrected chi connectivity index (χ1v) is 10.0. The molecule has 3 aromatic rings. The van der Waals surface area contributed by atoms with E-state index in [9.17, 15) is 9.59 Å². The first-order valence-electron chi connectivity index (χ1n) is 9.13. The van der Waals surface area contributed by atoms with Gasteiger partial charge in [-0.2, -0.15) is 0 Å². The summed E-state index contributed by atoms with van der Waals surface area (Å²) in [5.74, 6) is 1.15. The van der Waals surface area contributed by atoms with Gasteiger partial charge in [-0.15, -0.1) is 11.3 Å². The van der Waals surface area contributed by atoms with Gasteiger partial charge >= 0.3 is 0 Å². The molecule has 0 saturated carbocycles. The van der Waals surface area contributed by atoms with Crippen LogP contribution in [0.1, 0.15) is 21.6 Å². The Morgan fingerprint density at radius 1 is 1.07 bits per heavy atom. The summed E-state index contributed by atoms with van der Waals surface area (Å²) >= 11 is 1.30. The molecule has 29 heavy (non-hydrogen) atoms. The molecular weight excluding hydrogens is 390 g/mol. The van der Waals surface area contributed by atoms with Gasteiger partial charge in [-0.3, -0.25) is 14.9 Å². The minimum atomic E-state index is -0.223. The number of fused-ring (bicyclic) bond motifs is 1. The van der Waals surface area contributed by atoms with E-state index >= 15 is 0 Å². The lowest BCUT2D eigenvalue weighted by molar-refractivity contribution is -0.120. The quantitative estimate of drug-likeness (QED) is 0.626. The second-order valence-corrected chi connectivity index (χ2v) is 7.29. The topological polar surface area (TPSA) is 89.6 Å². The second kappa shape index (κ2) is 8.74. The highest BCUT2D eigenvalue weighted by Gasteiger charge is 2.14. The maximum atomic E-state index is 12.2. The summed E-state index contributed by atoms with van der Waals surface area (Å²) < 4.78 is 10.6. The van der Waals surface area contributed by atoms with Gasteiger partial charge in [0.2, 0.25) is 12.7 Å². The van der Waals surface area contributed by atoms with E-state index in [2.05, 4.69) is 15.6 Å². The summed E-state index contributed by atoms with van der Waals surface area (Å²) in [6.45, 7) is 0.761. The van der Waals surface area contributed by atoms with E-state index in [1.54, 1.807) is 29.6 Å². The summed E-state index contributed by atoms with van der Waals surface area (Å²) in [6, 6.07) is 14.7. The third kappa shape index (κ3) is 4.91. The zero-order chi connectivity index (χ0) is 20.1. The van der Waals surface area contributed by atoms with Crippen LogP contribution >= 0.6 is 11.3 Å². The summed E-state index contributed by atoms with van der Waals surface area (Å²) in [6.07, 6.45) is 0.858. The van der Waals surface area contributed by atoms with Crippen LogP contribution in [0.2, 0.25) is 0 Å². The Morgan fingerprint density at radius 3 is 2.76 bits per heavy atom. The second-order valence-electron chi connectivity index (χ2n) is 6.43. The van der Waals surface area contributed by atoms with Gasteiger partial charge in [-0.05, 0) is 36.2 Å². The van der Waals surface area contributed by atoms with Crippen molar-refractivity contribution in [2.24, 2.45) is 0 Å². The van der Waals surface area contributed by atoms with Gasteiger partial charge in [0.25, 0.3) is 5.91 Å². The summed E-state index contributed by atoms with van der Waals surface area (Å²) in [5, 5.41) is 7.89. The average molecular weight is 409 g/mol. The van der Waals surface area contributed by atoms with Crippen LogP contribution in [0.3, 0.4) is 0 Å². The van der Waals surface area contributed by atoms with Gasteiger partial charge in [0, 0.05) is 17.5 Å². The molecule has 2 amide bonds. The fraction of sp³-hybridized carbons (Fsp3) is 0.190. The van der Waals surface area contributed by atoms with Crippen molar-refractivity contribution in [1.82, 2.24) is 10.3 Å². The fourth-order valence-corrected chi connectivity index (χ4v) is 3.58. The number of thiazole rings is 1. The summed E-state index contributed by atoms with van der Waals surface area (Å²) in [7, 11) is 0. The fourth-order valence-electron chi connectivity index (χ4n) is 2.87. The van der Waals surface area contributed by atoms with Crippen LogP contribution in [0, 0.1) is 0 Å². The first kappa shape index (κ1) is 18.9. The number of rotatable bonds is 7. The Kier molecular flexibility index (Phi) is 5.71. The van der Waals surface area contributed by atoms with E-state index in [0.29, 0.717) is 29.4 Å². The van der Waals surface area contributed by atoms with Crippen molar-refractivity contribution < 1.29 is 19.1 Å².